The Morgan fingerprint density at radius 2 is 0.323 bits per heavy atom. The summed E-state index contributed by atoms with van der Waals surface area (Å²) in [5.74, 6) is -1.69. The lowest BCUT2D eigenvalue weighted by molar-refractivity contribution is 0.00708. The second-order valence-electron chi connectivity index (χ2n) is 20.3. The topological polar surface area (TPSA) is 337 Å². The maximum absolute atomic E-state index is 11.6. The third kappa shape index (κ3) is 19.1. The number of hydrogen-bond donors (Lipinski definition) is 6. The number of hydrogen-bond acceptors (Lipinski definition) is 27. The van der Waals surface area contributed by atoms with E-state index in [1.54, 1.807) is 36.4 Å². The molecule has 0 radical (unpaired) electrons. The monoisotopic (exact) mass is 1280 g/mol. The Morgan fingerprint density at radius 1 is 0.194 bits per heavy atom. The van der Waals surface area contributed by atoms with Gasteiger partial charge in [0.05, 0.1) is 152 Å². The van der Waals surface area contributed by atoms with E-state index < -0.39 is 34.5 Å². The molecule has 6 bridgehead atoms. The molecule has 6 N–H and O–H groups in total. The van der Waals surface area contributed by atoms with Crippen LogP contribution in [-0.4, -0.2) is 219 Å². The first-order valence-electron chi connectivity index (χ1n) is 30.1. The highest BCUT2D eigenvalue weighted by atomic mass is 16.6. The Labute approximate surface area is 532 Å². The van der Waals surface area contributed by atoms with Crippen molar-refractivity contribution in [2.75, 3.05) is 159 Å². The van der Waals surface area contributed by atoms with Crippen molar-refractivity contribution in [1.29, 1.82) is 0 Å². The fourth-order valence-electron chi connectivity index (χ4n) is 9.09. The first-order chi connectivity index (χ1) is 45.7. The molecular weight excluding hydrogens is 1210 g/mol. The van der Waals surface area contributed by atoms with Gasteiger partial charge in [0.2, 0.25) is 0 Å². The number of rotatable bonds is 0. The van der Waals surface area contributed by atoms with Crippen molar-refractivity contribution in [1.82, 2.24) is 29.9 Å². The number of ether oxygens (including phenoxy) is 15. The van der Waals surface area contributed by atoms with Crippen LogP contribution in [-0.2, 0) is 42.6 Å². The molecule has 0 saturated carbocycles. The number of nitrogens with zero attached hydrogens (tertiary/aromatic N) is 6. The van der Waals surface area contributed by atoms with Crippen LogP contribution in [0, 0.1) is 0 Å². The van der Waals surface area contributed by atoms with Gasteiger partial charge in [-0.3, -0.25) is 29.9 Å². The first-order valence-corrected chi connectivity index (χ1v) is 30.1. The molecule has 9 heterocycles. The average Bonchev–Trinajstić information content (AvgIpc) is 1.37. The van der Waals surface area contributed by atoms with Crippen molar-refractivity contribution in [3.8, 4) is 69.0 Å². The van der Waals surface area contributed by atoms with Crippen LogP contribution in [0.3, 0.4) is 0 Å². The molecule has 12 aromatic rings. The number of aromatic hydroxyl groups is 6. The van der Waals surface area contributed by atoms with Gasteiger partial charge >= 0.3 is 0 Å². The Bertz CT molecular complexity index is 3380. The third-order valence-corrected chi connectivity index (χ3v) is 14.0. The van der Waals surface area contributed by atoms with Crippen LogP contribution in [0.25, 0.3) is 65.4 Å². The first kappa shape index (κ1) is 66.5. The van der Waals surface area contributed by atoms with Crippen molar-refractivity contribution in [3.63, 3.8) is 0 Å². The normalized spacial score (nSPS) is 16.4. The molecule has 6 aromatic heterocycles. The number of phenolic OH excluding ortho intramolecular Hbond substituents is 6. The molecule has 0 atom stereocenters. The Hall–Kier alpha value is -9.42. The molecule has 0 unspecified atom stereocenters. The number of benzene rings is 6. The molecule has 0 aliphatic carbocycles. The smallest absolute Gasteiger partial charge is 0.167 e. The van der Waals surface area contributed by atoms with Gasteiger partial charge in [0.1, 0.15) is 39.6 Å². The molecule has 492 valence electrons. The zero-order valence-corrected chi connectivity index (χ0v) is 50.9. The summed E-state index contributed by atoms with van der Waals surface area (Å²) in [5, 5.41) is 70.1. The fourth-order valence-corrected chi connectivity index (χ4v) is 9.09. The molecule has 27 heteroatoms. The molecule has 0 spiro atoms. The molecule has 27 nitrogen and oxygen atoms in total. The maximum Gasteiger partial charge on any atom is 0.167 e. The van der Waals surface area contributed by atoms with Crippen molar-refractivity contribution < 1.29 is 102 Å². The molecule has 0 saturated heterocycles. The van der Waals surface area contributed by atoms with Crippen molar-refractivity contribution >= 4 is 65.4 Å². The highest BCUT2D eigenvalue weighted by Gasteiger charge is 2.16. The van der Waals surface area contributed by atoms with Crippen molar-refractivity contribution in [2.24, 2.45) is 0 Å². The molecule has 0 fully saturated rings. The van der Waals surface area contributed by atoms with E-state index in [-0.39, 0.29) is 179 Å². The molecule has 3 aliphatic rings. The summed E-state index contributed by atoms with van der Waals surface area (Å²) in [6.45, 7) is 6.22. The van der Waals surface area contributed by atoms with Crippen LogP contribution in [0.2, 0.25) is 0 Å². The third-order valence-electron chi connectivity index (χ3n) is 14.0. The van der Waals surface area contributed by atoms with Crippen LogP contribution < -0.4 is 28.4 Å². The van der Waals surface area contributed by atoms with E-state index in [2.05, 4.69) is 0 Å². The lowest BCUT2D eigenvalue weighted by Gasteiger charge is -2.13. The fraction of sp³-hybridized carbons (Fsp3) is 0.364. The number of phenols is 6. The summed E-state index contributed by atoms with van der Waals surface area (Å²) >= 11 is 0. The van der Waals surface area contributed by atoms with Gasteiger partial charge in [-0.15, -0.1) is 0 Å². The summed E-state index contributed by atoms with van der Waals surface area (Å²) < 4.78 is 88.0. The SMILES string of the molecule is Oc1c(O)c2ccc1cnc1cc3c(cc1ncc1ccc(cnc4cc5c(cc4ncc4ccc(cnc6cc7c(cc6nc2)OCCOCCOCCOCCO7)c(O)c4O)OCCOCCOCCOCCO5)c(O)c1O)OCCOCCOCCOCCO3. The second kappa shape index (κ2) is 34.8. The van der Waals surface area contributed by atoms with Crippen molar-refractivity contribution in [3.05, 3.63) is 110 Å². The predicted octanol–water partition coefficient (Wildman–Crippen LogP) is 7.73. The average molecular weight is 1290 g/mol. The van der Waals surface area contributed by atoms with Crippen LogP contribution in [0.15, 0.2) is 110 Å². The van der Waals surface area contributed by atoms with Gasteiger partial charge in [0, 0.05) is 106 Å². The summed E-state index contributed by atoms with van der Waals surface area (Å²) in [4.78, 5) is 28.3. The summed E-state index contributed by atoms with van der Waals surface area (Å²) in [7, 11) is 0. The van der Waals surface area contributed by atoms with Gasteiger partial charge in [0.25, 0.3) is 0 Å². The molecule has 0 amide bonds. The zero-order chi connectivity index (χ0) is 64.4. The van der Waals surface area contributed by atoms with Crippen LogP contribution in [0.1, 0.15) is 0 Å². The lowest BCUT2D eigenvalue weighted by atomic mass is 10.2. The van der Waals surface area contributed by atoms with E-state index in [9.17, 15) is 30.6 Å². The van der Waals surface area contributed by atoms with Gasteiger partial charge < -0.3 is 102 Å². The Balaban J connectivity index is 1.19. The maximum atomic E-state index is 11.6. The van der Waals surface area contributed by atoms with Crippen LogP contribution >= 0.6 is 0 Å². The minimum Gasteiger partial charge on any atom is -0.504 e. The predicted molar refractivity (Wildman–Crippen MR) is 338 cm³/mol. The lowest BCUT2D eigenvalue weighted by Crippen LogP contribution is -2.13. The highest BCUT2D eigenvalue weighted by Crippen LogP contribution is 2.39. The van der Waals surface area contributed by atoms with E-state index in [0.717, 1.165) is 0 Å². The molecule has 93 heavy (non-hydrogen) atoms. The molecule has 15 rings (SSSR count). The standard InChI is InChI=1S/C66H72N6O21/c73-61-43-1-2-44(62(61)74)38-68-51-33-57-58(91-28-22-85-16-10-80-9-15-84-21-27-90-57)34-52(51)70-40-46-5-6-48(66(78)64(46)76)42-72-54-36-60-59(92-29-23-86-17-11-81-12-18-87-24-30-93-60)35-53(54)71-41-47-4-3-45(63(75)65(47)77)39-69-50-32-56-55(31-49(50)67-37-43)88-25-19-82-13-7-79-8-14-83-20-26-89-56/h1-6,31-42,73-78H,7-30H2. The Morgan fingerprint density at radius 3 is 0.462 bits per heavy atom. The van der Waals surface area contributed by atoms with Gasteiger partial charge in [-0.05, 0) is 36.4 Å². The number of fused-ring (bicyclic) bond motifs is 3. The van der Waals surface area contributed by atoms with Gasteiger partial charge in [-0.25, -0.2) is 0 Å². The Kier molecular flexibility index (Phi) is 24.9. The van der Waals surface area contributed by atoms with Crippen LogP contribution in [0.4, 0.5) is 0 Å². The van der Waals surface area contributed by atoms with Crippen molar-refractivity contribution in [2.45, 2.75) is 0 Å². The highest BCUT2D eigenvalue weighted by molar-refractivity contribution is 5.86. The van der Waals surface area contributed by atoms with E-state index in [1.165, 1.54) is 73.6 Å². The van der Waals surface area contributed by atoms with E-state index in [4.69, 9.17) is 101 Å². The molecule has 6 aromatic carbocycles. The minimum atomic E-state index is -0.548. The van der Waals surface area contributed by atoms with Gasteiger partial charge in [-0.2, -0.15) is 0 Å². The summed E-state index contributed by atoms with van der Waals surface area (Å²) in [6.07, 6.45) is 7.88. The van der Waals surface area contributed by atoms with E-state index >= 15 is 0 Å². The van der Waals surface area contributed by atoms with Gasteiger partial charge in [0.15, 0.2) is 69.0 Å². The molecular formula is C66H72N6O21. The minimum absolute atomic E-state index is 0.0868. The summed E-state index contributed by atoms with van der Waals surface area (Å²) in [6, 6.07) is 18.5. The second-order valence-corrected chi connectivity index (χ2v) is 20.3. The number of aromatic nitrogens is 6. The largest absolute Gasteiger partial charge is 0.504 e. The van der Waals surface area contributed by atoms with Gasteiger partial charge in [-0.1, -0.05) is 0 Å². The van der Waals surface area contributed by atoms with E-state index in [1.807, 2.05) is 0 Å². The zero-order valence-electron chi connectivity index (χ0n) is 50.9. The summed E-state index contributed by atoms with van der Waals surface area (Å²) in [5.41, 5.74) is 1.15. The van der Waals surface area contributed by atoms with E-state index in [0.29, 0.717) is 79.3 Å². The van der Waals surface area contributed by atoms with Crippen LogP contribution in [0.5, 0.6) is 69.0 Å². The quantitative estimate of drug-likeness (QED) is 0.0791. The molecule has 3 aliphatic heterocycles.